The molecule has 0 aliphatic rings. The minimum atomic E-state index is 0.348. The molecule has 16 heavy (non-hydrogen) atoms. The second kappa shape index (κ2) is 6.48. The Morgan fingerprint density at radius 2 is 1.75 bits per heavy atom. The van der Waals surface area contributed by atoms with Crippen LogP contribution in [-0.4, -0.2) is 17.2 Å². The molecule has 1 rings (SSSR count). The zero-order valence-electron chi connectivity index (χ0n) is 10.2. The van der Waals surface area contributed by atoms with Gasteiger partial charge in [-0.05, 0) is 45.0 Å². The van der Waals surface area contributed by atoms with Crippen LogP contribution in [0.25, 0.3) is 0 Å². The minimum Gasteiger partial charge on any atom is -0.361 e. The molecule has 0 fully saturated rings. The molecule has 1 unspecified atom stereocenters. The third-order valence-corrected chi connectivity index (χ3v) is 2.42. The fourth-order valence-electron chi connectivity index (χ4n) is 1.55. The summed E-state index contributed by atoms with van der Waals surface area (Å²) in [7, 11) is 0. The van der Waals surface area contributed by atoms with Gasteiger partial charge in [-0.1, -0.05) is 30.3 Å². The Kier molecular flexibility index (Phi) is 5.26. The zero-order chi connectivity index (χ0) is 12.0. The van der Waals surface area contributed by atoms with Crippen molar-refractivity contribution in [3.8, 4) is 0 Å². The van der Waals surface area contributed by atoms with Gasteiger partial charge in [0.1, 0.15) is 0 Å². The third kappa shape index (κ3) is 5.12. The summed E-state index contributed by atoms with van der Waals surface area (Å²) >= 11 is 5.20. The second-order valence-corrected chi connectivity index (χ2v) is 4.77. The van der Waals surface area contributed by atoms with Crippen LogP contribution in [0.15, 0.2) is 30.3 Å². The van der Waals surface area contributed by atoms with Gasteiger partial charge in [-0.3, -0.25) is 0 Å². The fraction of sp³-hybridized carbons (Fsp3) is 0.462. The van der Waals surface area contributed by atoms with E-state index >= 15 is 0 Å². The van der Waals surface area contributed by atoms with Crippen molar-refractivity contribution in [2.45, 2.75) is 39.3 Å². The van der Waals surface area contributed by atoms with E-state index in [0.717, 1.165) is 11.5 Å². The van der Waals surface area contributed by atoms with Crippen molar-refractivity contribution in [1.82, 2.24) is 10.6 Å². The summed E-state index contributed by atoms with van der Waals surface area (Å²) in [6.07, 6.45) is 0.987. The van der Waals surface area contributed by atoms with Crippen molar-refractivity contribution in [2.75, 3.05) is 0 Å². The van der Waals surface area contributed by atoms with Crippen molar-refractivity contribution >= 4 is 17.3 Å². The molecule has 0 aliphatic heterocycles. The molecule has 1 aromatic carbocycles. The molecule has 1 atom stereocenters. The molecular weight excluding hydrogens is 216 g/mol. The zero-order valence-corrected chi connectivity index (χ0v) is 11.0. The lowest BCUT2D eigenvalue weighted by molar-refractivity contribution is 0.631. The number of rotatable bonds is 4. The first-order valence-corrected chi connectivity index (χ1v) is 6.09. The summed E-state index contributed by atoms with van der Waals surface area (Å²) in [6.45, 7) is 6.30. The Morgan fingerprint density at radius 1 is 1.12 bits per heavy atom. The van der Waals surface area contributed by atoms with Crippen LogP contribution in [0.3, 0.4) is 0 Å². The van der Waals surface area contributed by atoms with E-state index in [4.69, 9.17) is 12.2 Å². The molecule has 3 heteroatoms. The average molecular weight is 236 g/mol. The lowest BCUT2D eigenvalue weighted by Crippen LogP contribution is -2.44. The molecule has 0 bridgehead atoms. The molecule has 0 saturated heterocycles. The monoisotopic (exact) mass is 236 g/mol. The van der Waals surface area contributed by atoms with Gasteiger partial charge in [0.25, 0.3) is 0 Å². The lowest BCUT2D eigenvalue weighted by atomic mass is 10.1. The van der Waals surface area contributed by atoms with E-state index in [9.17, 15) is 0 Å². The van der Waals surface area contributed by atoms with Crippen molar-refractivity contribution in [2.24, 2.45) is 0 Å². The maximum Gasteiger partial charge on any atom is 0.166 e. The van der Waals surface area contributed by atoms with Gasteiger partial charge in [0.05, 0.1) is 0 Å². The van der Waals surface area contributed by atoms with Crippen LogP contribution in [0.5, 0.6) is 0 Å². The van der Waals surface area contributed by atoms with Crippen LogP contribution in [-0.2, 0) is 6.42 Å². The highest BCUT2D eigenvalue weighted by molar-refractivity contribution is 7.80. The van der Waals surface area contributed by atoms with Crippen molar-refractivity contribution in [3.05, 3.63) is 35.9 Å². The highest BCUT2D eigenvalue weighted by Crippen LogP contribution is 2.02. The van der Waals surface area contributed by atoms with E-state index in [2.05, 4.69) is 55.7 Å². The largest absolute Gasteiger partial charge is 0.361 e. The SMILES string of the molecule is CC(C)NC(=S)NC(C)Cc1ccccc1. The fourth-order valence-corrected chi connectivity index (χ4v) is 1.98. The van der Waals surface area contributed by atoms with Gasteiger partial charge in [0.15, 0.2) is 5.11 Å². The summed E-state index contributed by atoms with van der Waals surface area (Å²) in [4.78, 5) is 0. The highest BCUT2D eigenvalue weighted by atomic mass is 32.1. The van der Waals surface area contributed by atoms with Gasteiger partial charge in [-0.15, -0.1) is 0 Å². The maximum atomic E-state index is 5.20. The van der Waals surface area contributed by atoms with Crippen LogP contribution in [0.4, 0.5) is 0 Å². The quantitative estimate of drug-likeness (QED) is 0.785. The smallest absolute Gasteiger partial charge is 0.166 e. The van der Waals surface area contributed by atoms with Crippen LogP contribution in [0.2, 0.25) is 0 Å². The van der Waals surface area contributed by atoms with Crippen molar-refractivity contribution < 1.29 is 0 Å². The van der Waals surface area contributed by atoms with E-state index in [1.807, 2.05) is 6.07 Å². The molecule has 1 aromatic rings. The summed E-state index contributed by atoms with van der Waals surface area (Å²) in [5.41, 5.74) is 1.33. The Balaban J connectivity index is 2.36. The van der Waals surface area contributed by atoms with E-state index in [1.54, 1.807) is 0 Å². The van der Waals surface area contributed by atoms with Crippen LogP contribution in [0, 0.1) is 0 Å². The van der Waals surface area contributed by atoms with Gasteiger partial charge in [0.2, 0.25) is 0 Å². The first-order chi connectivity index (χ1) is 7.58. The van der Waals surface area contributed by atoms with Gasteiger partial charge in [-0.25, -0.2) is 0 Å². The summed E-state index contributed by atoms with van der Waals surface area (Å²) in [5.74, 6) is 0. The van der Waals surface area contributed by atoms with E-state index in [-0.39, 0.29) is 0 Å². The topological polar surface area (TPSA) is 24.1 Å². The van der Waals surface area contributed by atoms with Crippen molar-refractivity contribution in [3.63, 3.8) is 0 Å². The van der Waals surface area contributed by atoms with Gasteiger partial charge >= 0.3 is 0 Å². The number of hydrogen-bond donors (Lipinski definition) is 2. The molecule has 0 aliphatic carbocycles. The number of thiocarbonyl (C=S) groups is 1. The van der Waals surface area contributed by atoms with Crippen molar-refractivity contribution in [1.29, 1.82) is 0 Å². The first kappa shape index (κ1) is 13.0. The Bertz CT molecular complexity index is 322. The normalized spacial score (nSPS) is 12.2. The molecule has 0 spiro atoms. The minimum absolute atomic E-state index is 0.348. The summed E-state index contributed by atoms with van der Waals surface area (Å²) in [5, 5.41) is 7.19. The third-order valence-electron chi connectivity index (χ3n) is 2.18. The maximum absolute atomic E-state index is 5.20. The summed E-state index contributed by atoms with van der Waals surface area (Å²) < 4.78 is 0. The molecule has 2 nitrogen and oxygen atoms in total. The van der Waals surface area contributed by atoms with E-state index in [0.29, 0.717) is 12.1 Å². The molecule has 2 N–H and O–H groups in total. The van der Waals surface area contributed by atoms with Gasteiger partial charge < -0.3 is 10.6 Å². The van der Waals surface area contributed by atoms with Gasteiger partial charge in [0, 0.05) is 12.1 Å². The molecule has 0 radical (unpaired) electrons. The number of benzene rings is 1. The standard InChI is InChI=1S/C13H20N2S/c1-10(2)14-13(16)15-11(3)9-12-7-5-4-6-8-12/h4-8,10-11H,9H2,1-3H3,(H2,14,15,16). The van der Waals surface area contributed by atoms with E-state index < -0.39 is 0 Å². The predicted octanol–water partition coefficient (Wildman–Crippen LogP) is 2.49. The Hall–Kier alpha value is -1.09. The second-order valence-electron chi connectivity index (χ2n) is 4.36. The lowest BCUT2D eigenvalue weighted by Gasteiger charge is -2.18. The first-order valence-electron chi connectivity index (χ1n) is 5.69. The highest BCUT2D eigenvalue weighted by Gasteiger charge is 2.05. The van der Waals surface area contributed by atoms with Crippen LogP contribution >= 0.6 is 12.2 Å². The molecule has 0 heterocycles. The molecule has 88 valence electrons. The molecule has 0 aromatic heterocycles. The average Bonchev–Trinajstić information content (AvgIpc) is 2.17. The van der Waals surface area contributed by atoms with Crippen LogP contribution in [0.1, 0.15) is 26.3 Å². The number of hydrogen-bond acceptors (Lipinski definition) is 1. The Morgan fingerprint density at radius 3 is 2.31 bits per heavy atom. The van der Waals surface area contributed by atoms with Crippen LogP contribution < -0.4 is 10.6 Å². The van der Waals surface area contributed by atoms with Gasteiger partial charge in [-0.2, -0.15) is 0 Å². The Labute approximate surface area is 103 Å². The molecule has 0 saturated carbocycles. The predicted molar refractivity (Wildman–Crippen MR) is 73.6 cm³/mol. The molecular formula is C13H20N2S. The number of nitrogens with one attached hydrogen (secondary N) is 2. The molecule has 0 amide bonds. The van der Waals surface area contributed by atoms with E-state index in [1.165, 1.54) is 5.56 Å². The summed E-state index contributed by atoms with van der Waals surface area (Å²) in [6, 6.07) is 11.2.